The predicted octanol–water partition coefficient (Wildman–Crippen LogP) is 8.20. The van der Waals surface area contributed by atoms with E-state index in [0.717, 1.165) is 11.1 Å². The Balaban J connectivity index is 1.17. The van der Waals surface area contributed by atoms with Crippen molar-refractivity contribution in [2.24, 2.45) is 0 Å². The summed E-state index contributed by atoms with van der Waals surface area (Å²) in [6.07, 6.45) is -0.746. The molecule has 5 aromatic rings. The van der Waals surface area contributed by atoms with Crippen LogP contribution in [0.15, 0.2) is 91.0 Å². The lowest BCUT2D eigenvalue weighted by Crippen LogP contribution is -2.38. The molecule has 0 spiro atoms. The Bertz CT molecular complexity index is 1960. The van der Waals surface area contributed by atoms with Crippen molar-refractivity contribution in [3.05, 3.63) is 153 Å². The minimum absolute atomic E-state index is 0.0774. The average Bonchev–Trinajstić information content (AvgIpc) is 3.15. The van der Waals surface area contributed by atoms with Gasteiger partial charge in [-0.3, -0.25) is 9.69 Å². The van der Waals surface area contributed by atoms with Gasteiger partial charge in [-0.2, -0.15) is 0 Å². The van der Waals surface area contributed by atoms with E-state index in [1.807, 2.05) is 43.4 Å². The number of hydrogen-bond donors (Lipinski definition) is 2. The molecule has 4 atom stereocenters. The van der Waals surface area contributed by atoms with E-state index in [2.05, 4.69) is 47.5 Å². The first-order valence-corrected chi connectivity index (χ1v) is 16.1. The molecule has 11 heteroatoms. The van der Waals surface area contributed by atoms with Gasteiger partial charge in [-0.15, -0.1) is 0 Å². The van der Waals surface area contributed by atoms with E-state index in [4.69, 9.17) is 9.47 Å². The number of nitrogens with one attached hydrogen (secondary N) is 1. The molecular formula is C39H35F5N2O4. The molecule has 4 unspecified atom stereocenters. The van der Waals surface area contributed by atoms with Crippen molar-refractivity contribution in [1.29, 1.82) is 0 Å². The van der Waals surface area contributed by atoms with E-state index in [9.17, 15) is 31.9 Å². The fourth-order valence-electron chi connectivity index (χ4n) is 6.10. The summed E-state index contributed by atoms with van der Waals surface area (Å²) in [5.41, 5.74) is 2.50. The summed E-state index contributed by atoms with van der Waals surface area (Å²) < 4.78 is 81.7. The van der Waals surface area contributed by atoms with Gasteiger partial charge in [0.05, 0.1) is 18.8 Å². The highest BCUT2D eigenvalue weighted by atomic mass is 19.2. The zero-order valence-corrected chi connectivity index (χ0v) is 27.3. The number of carbonyl (C=O) groups excluding carboxylic acids is 1. The smallest absolute Gasteiger partial charge is 0.257 e. The second kappa shape index (κ2) is 15.1. The Morgan fingerprint density at radius 1 is 0.800 bits per heavy atom. The molecule has 1 saturated heterocycles. The number of benzene rings is 5. The number of halogens is 5. The van der Waals surface area contributed by atoms with Gasteiger partial charge in [-0.25, -0.2) is 22.0 Å². The molecule has 0 bridgehead atoms. The maximum atomic E-state index is 14.1. The first kappa shape index (κ1) is 35.2. The van der Waals surface area contributed by atoms with Crippen LogP contribution in [0, 0.1) is 29.1 Å². The lowest BCUT2D eigenvalue weighted by Gasteiger charge is -2.39. The molecular weight excluding hydrogens is 655 g/mol. The molecule has 0 saturated carbocycles. The van der Waals surface area contributed by atoms with Crippen LogP contribution < -0.4 is 5.32 Å². The molecule has 50 heavy (non-hydrogen) atoms. The largest absolute Gasteiger partial charge is 0.392 e. The van der Waals surface area contributed by atoms with Gasteiger partial charge < -0.3 is 19.9 Å². The highest BCUT2D eigenvalue weighted by Gasteiger charge is 2.34. The number of nitrogens with zero attached hydrogens (tertiary/aromatic N) is 1. The zero-order valence-electron chi connectivity index (χ0n) is 27.3. The molecule has 5 aromatic carbocycles. The standard InChI is InChI=1S/C39H35F5N2O4/c1-22(28-16-15-25-5-3-4-6-29(25)17-28)46(2)20-30-18-31(26-11-9-24(21-47)10-12-26)50-39(49-30)27-13-7-23(8-14-27)19-45-38(48)32-33(40)35(42)37(44)36(43)34(32)41/h3-17,22,30-31,39,47H,18-21H2,1-2H3,(H,45,48). The summed E-state index contributed by atoms with van der Waals surface area (Å²) in [6.45, 7) is 2.42. The van der Waals surface area contributed by atoms with Gasteiger partial charge >= 0.3 is 0 Å². The molecule has 260 valence electrons. The highest BCUT2D eigenvalue weighted by molar-refractivity contribution is 5.94. The quantitative estimate of drug-likeness (QED) is 0.0879. The monoisotopic (exact) mass is 690 g/mol. The lowest BCUT2D eigenvalue weighted by molar-refractivity contribution is -0.253. The number of ether oxygens (including phenoxy) is 2. The van der Waals surface area contributed by atoms with Gasteiger partial charge in [-0.1, -0.05) is 84.9 Å². The summed E-state index contributed by atoms with van der Waals surface area (Å²) >= 11 is 0. The van der Waals surface area contributed by atoms with E-state index in [0.29, 0.717) is 24.1 Å². The van der Waals surface area contributed by atoms with Crippen molar-refractivity contribution >= 4 is 16.7 Å². The second-order valence-corrected chi connectivity index (χ2v) is 12.4. The number of likely N-dealkylation sites (N-methyl/N-ethyl adjacent to an activating group) is 1. The summed E-state index contributed by atoms with van der Waals surface area (Å²) in [5.74, 6) is -12.6. The fraction of sp³-hybridized carbons (Fsp3) is 0.256. The van der Waals surface area contributed by atoms with E-state index in [-0.39, 0.29) is 31.4 Å². The van der Waals surface area contributed by atoms with E-state index in [1.54, 1.807) is 24.3 Å². The molecule has 0 aromatic heterocycles. The van der Waals surface area contributed by atoms with Crippen molar-refractivity contribution in [3.63, 3.8) is 0 Å². The fourth-order valence-corrected chi connectivity index (χ4v) is 6.10. The SMILES string of the molecule is CC(c1ccc2ccccc2c1)N(C)CC1CC(c2ccc(CO)cc2)OC(c2ccc(CNC(=O)c3c(F)c(F)c(F)c(F)c3F)cc2)O1. The third-order valence-corrected chi connectivity index (χ3v) is 9.17. The maximum Gasteiger partial charge on any atom is 0.257 e. The molecule has 1 fully saturated rings. The van der Waals surface area contributed by atoms with Gasteiger partial charge in [0.1, 0.15) is 5.56 Å². The molecule has 0 aliphatic carbocycles. The molecule has 0 radical (unpaired) electrons. The van der Waals surface area contributed by atoms with Gasteiger partial charge in [0, 0.05) is 31.1 Å². The highest BCUT2D eigenvalue weighted by Crippen LogP contribution is 2.39. The predicted molar refractivity (Wildman–Crippen MR) is 177 cm³/mol. The molecule has 6 nitrogen and oxygen atoms in total. The Morgan fingerprint density at radius 2 is 1.40 bits per heavy atom. The number of aliphatic hydroxyl groups is 1. The van der Waals surface area contributed by atoms with Crippen LogP contribution in [0.4, 0.5) is 22.0 Å². The van der Waals surface area contributed by atoms with Gasteiger partial charge in [0.15, 0.2) is 29.6 Å². The average molecular weight is 691 g/mol. The Morgan fingerprint density at radius 3 is 2.06 bits per heavy atom. The number of rotatable bonds is 10. The van der Waals surface area contributed by atoms with Crippen LogP contribution in [0.25, 0.3) is 10.8 Å². The molecule has 1 aliphatic rings. The minimum atomic E-state index is -2.34. The topological polar surface area (TPSA) is 71.0 Å². The van der Waals surface area contributed by atoms with Crippen molar-refractivity contribution < 1.29 is 41.3 Å². The number of hydrogen-bond acceptors (Lipinski definition) is 5. The normalized spacial score (nSPS) is 18.4. The van der Waals surface area contributed by atoms with Crippen LogP contribution in [-0.4, -0.2) is 35.6 Å². The number of carbonyl (C=O) groups is 1. The minimum Gasteiger partial charge on any atom is -0.392 e. The summed E-state index contributed by atoms with van der Waals surface area (Å²) in [6, 6.07) is 29.0. The lowest BCUT2D eigenvalue weighted by atomic mass is 9.98. The van der Waals surface area contributed by atoms with Crippen LogP contribution in [0.2, 0.25) is 0 Å². The van der Waals surface area contributed by atoms with Crippen LogP contribution in [0.1, 0.15) is 70.0 Å². The van der Waals surface area contributed by atoms with Crippen LogP contribution >= 0.6 is 0 Å². The Kier molecular flexibility index (Phi) is 10.6. The summed E-state index contributed by atoms with van der Waals surface area (Å²) in [5, 5.41) is 14.1. The zero-order chi connectivity index (χ0) is 35.5. The maximum absolute atomic E-state index is 14.1. The Hall–Kier alpha value is -4.68. The summed E-state index contributed by atoms with van der Waals surface area (Å²) in [7, 11) is 2.05. The number of fused-ring (bicyclic) bond motifs is 1. The first-order valence-electron chi connectivity index (χ1n) is 16.1. The Labute approximate surface area is 286 Å². The van der Waals surface area contributed by atoms with E-state index >= 15 is 0 Å². The third-order valence-electron chi connectivity index (χ3n) is 9.17. The molecule has 2 N–H and O–H groups in total. The van der Waals surface area contributed by atoms with Crippen molar-refractivity contribution in [2.75, 3.05) is 13.6 Å². The molecule has 1 amide bonds. The van der Waals surface area contributed by atoms with Crippen LogP contribution in [-0.2, 0) is 22.6 Å². The molecule has 6 rings (SSSR count). The number of aliphatic hydroxyl groups excluding tert-OH is 1. The molecule has 1 aliphatic heterocycles. The summed E-state index contributed by atoms with van der Waals surface area (Å²) in [4.78, 5) is 14.7. The van der Waals surface area contributed by atoms with Gasteiger partial charge in [0.2, 0.25) is 5.82 Å². The second-order valence-electron chi connectivity index (χ2n) is 12.4. The van der Waals surface area contributed by atoms with E-state index in [1.165, 1.54) is 16.3 Å². The molecule has 1 heterocycles. The van der Waals surface area contributed by atoms with Gasteiger partial charge in [-0.05, 0) is 53.1 Å². The van der Waals surface area contributed by atoms with Crippen molar-refractivity contribution in [3.8, 4) is 0 Å². The van der Waals surface area contributed by atoms with E-state index < -0.39 is 46.8 Å². The number of amides is 1. The van der Waals surface area contributed by atoms with Crippen molar-refractivity contribution in [1.82, 2.24) is 10.2 Å². The van der Waals surface area contributed by atoms with Crippen LogP contribution in [0.5, 0.6) is 0 Å². The van der Waals surface area contributed by atoms with Crippen LogP contribution in [0.3, 0.4) is 0 Å². The third kappa shape index (κ3) is 7.41. The van der Waals surface area contributed by atoms with Crippen molar-refractivity contribution in [2.45, 2.75) is 51.0 Å². The first-order chi connectivity index (χ1) is 24.0. The van der Waals surface area contributed by atoms with Gasteiger partial charge in [0.25, 0.3) is 5.91 Å².